The van der Waals surface area contributed by atoms with Crippen molar-refractivity contribution >= 4 is 17.3 Å². The topological polar surface area (TPSA) is 89.5 Å². The van der Waals surface area contributed by atoms with Gasteiger partial charge in [-0.1, -0.05) is 0 Å². The minimum absolute atomic E-state index is 0.0212. The number of nitro groups is 1. The Kier molecular flexibility index (Phi) is 3.18. The van der Waals surface area contributed by atoms with Gasteiger partial charge in [-0.2, -0.15) is 0 Å². The zero-order valence-electron chi connectivity index (χ0n) is 11.0. The summed E-state index contributed by atoms with van der Waals surface area (Å²) in [6.45, 7) is 4.75. The zero-order chi connectivity index (χ0) is 14.2. The lowest BCUT2D eigenvalue weighted by Crippen LogP contribution is -2.42. The lowest BCUT2D eigenvalue weighted by molar-refractivity contribution is -0.383. The number of nitrogens with two attached hydrogens (primary N) is 1. The number of carbonyl (C=O) groups excluding carboxylic acids is 1. The van der Waals surface area contributed by atoms with Gasteiger partial charge in [0, 0.05) is 23.7 Å². The molecule has 1 heterocycles. The van der Waals surface area contributed by atoms with E-state index in [0.29, 0.717) is 12.1 Å². The van der Waals surface area contributed by atoms with Gasteiger partial charge < -0.3 is 10.6 Å². The molecule has 1 aliphatic rings. The van der Waals surface area contributed by atoms with Crippen molar-refractivity contribution in [3.8, 4) is 0 Å². The molecule has 0 radical (unpaired) electrons. The summed E-state index contributed by atoms with van der Waals surface area (Å²) in [7, 11) is 0. The fraction of sp³-hybridized carbons (Fsp3) is 0.462. The monoisotopic (exact) mass is 263 g/mol. The number of rotatable bonds is 2. The maximum atomic E-state index is 12.4. The summed E-state index contributed by atoms with van der Waals surface area (Å²) in [5.74, 6) is -0.121. The smallest absolute Gasteiger partial charge is 0.292 e. The van der Waals surface area contributed by atoms with E-state index >= 15 is 0 Å². The third-order valence-corrected chi connectivity index (χ3v) is 3.62. The molecule has 0 aliphatic carbocycles. The fourth-order valence-electron chi connectivity index (χ4n) is 2.49. The van der Waals surface area contributed by atoms with Crippen molar-refractivity contribution in [2.75, 3.05) is 12.3 Å². The second-order valence-electron chi connectivity index (χ2n) is 5.40. The van der Waals surface area contributed by atoms with Crippen molar-refractivity contribution in [1.82, 2.24) is 4.90 Å². The third-order valence-electron chi connectivity index (χ3n) is 3.62. The SMILES string of the molecule is CC1(C)CCCN1C(=O)c1ccc([N+](=O)[O-])c(N)c1. The van der Waals surface area contributed by atoms with E-state index < -0.39 is 4.92 Å². The van der Waals surface area contributed by atoms with E-state index in [1.54, 1.807) is 4.90 Å². The maximum absolute atomic E-state index is 12.4. The number of nitrogen functional groups attached to an aromatic ring is 1. The van der Waals surface area contributed by atoms with Gasteiger partial charge in [-0.05, 0) is 38.8 Å². The molecule has 2 rings (SSSR count). The Balaban J connectivity index is 2.30. The molecule has 6 nitrogen and oxygen atoms in total. The van der Waals surface area contributed by atoms with Crippen LogP contribution in [0, 0.1) is 10.1 Å². The molecular weight excluding hydrogens is 246 g/mol. The molecule has 0 spiro atoms. The number of carbonyl (C=O) groups is 1. The van der Waals surface area contributed by atoms with Crippen molar-refractivity contribution in [2.45, 2.75) is 32.2 Å². The molecule has 1 saturated heterocycles. The molecular formula is C13H17N3O3. The first-order chi connectivity index (χ1) is 8.83. The van der Waals surface area contributed by atoms with Crippen LogP contribution in [0.1, 0.15) is 37.0 Å². The Labute approximate surface area is 111 Å². The van der Waals surface area contributed by atoms with Crippen LogP contribution < -0.4 is 5.73 Å². The molecule has 102 valence electrons. The first-order valence-electron chi connectivity index (χ1n) is 6.19. The number of benzene rings is 1. The van der Waals surface area contributed by atoms with Crippen LogP contribution in [0.15, 0.2) is 18.2 Å². The summed E-state index contributed by atoms with van der Waals surface area (Å²) in [6.07, 6.45) is 1.93. The number of anilines is 1. The van der Waals surface area contributed by atoms with Crippen LogP contribution in [0.3, 0.4) is 0 Å². The number of amides is 1. The van der Waals surface area contributed by atoms with Crippen LogP contribution in [0.4, 0.5) is 11.4 Å². The quantitative estimate of drug-likeness (QED) is 0.503. The van der Waals surface area contributed by atoms with E-state index in [4.69, 9.17) is 5.73 Å². The third kappa shape index (κ3) is 2.38. The average Bonchev–Trinajstić information content (AvgIpc) is 2.67. The highest BCUT2D eigenvalue weighted by Gasteiger charge is 2.36. The molecule has 0 aromatic heterocycles. The van der Waals surface area contributed by atoms with Crippen LogP contribution in [-0.2, 0) is 0 Å². The molecule has 1 aliphatic heterocycles. The van der Waals surface area contributed by atoms with Gasteiger partial charge in [0.2, 0.25) is 0 Å². The van der Waals surface area contributed by atoms with Gasteiger partial charge in [0.15, 0.2) is 0 Å². The lowest BCUT2D eigenvalue weighted by atomic mass is 10.0. The Hall–Kier alpha value is -2.11. The van der Waals surface area contributed by atoms with Gasteiger partial charge >= 0.3 is 0 Å². The van der Waals surface area contributed by atoms with Crippen LogP contribution in [0.2, 0.25) is 0 Å². The number of hydrogen-bond donors (Lipinski definition) is 1. The Morgan fingerprint density at radius 1 is 1.47 bits per heavy atom. The predicted molar refractivity (Wildman–Crippen MR) is 71.9 cm³/mol. The Bertz CT molecular complexity index is 540. The van der Waals surface area contributed by atoms with Crippen LogP contribution in [0.5, 0.6) is 0 Å². The van der Waals surface area contributed by atoms with Crippen molar-refractivity contribution in [2.24, 2.45) is 0 Å². The van der Waals surface area contributed by atoms with Crippen LogP contribution in [0.25, 0.3) is 0 Å². The summed E-state index contributed by atoms with van der Waals surface area (Å²) in [4.78, 5) is 24.3. The summed E-state index contributed by atoms with van der Waals surface area (Å²) >= 11 is 0. The molecule has 19 heavy (non-hydrogen) atoms. The van der Waals surface area contributed by atoms with Gasteiger partial charge in [0.25, 0.3) is 11.6 Å². The predicted octanol–water partition coefficient (Wildman–Crippen LogP) is 2.19. The lowest BCUT2D eigenvalue weighted by Gasteiger charge is -2.31. The Morgan fingerprint density at radius 2 is 2.16 bits per heavy atom. The van der Waals surface area contributed by atoms with E-state index in [1.807, 2.05) is 13.8 Å². The number of likely N-dealkylation sites (tertiary alicyclic amines) is 1. The number of nitro benzene ring substituents is 1. The largest absolute Gasteiger partial charge is 0.393 e. The highest BCUT2D eigenvalue weighted by molar-refractivity contribution is 5.96. The highest BCUT2D eigenvalue weighted by atomic mass is 16.6. The first-order valence-corrected chi connectivity index (χ1v) is 6.19. The molecule has 0 atom stereocenters. The second kappa shape index (κ2) is 4.53. The summed E-state index contributed by atoms with van der Waals surface area (Å²) in [5, 5.41) is 10.7. The Morgan fingerprint density at radius 3 is 2.63 bits per heavy atom. The van der Waals surface area contributed by atoms with Gasteiger partial charge in [-0.25, -0.2) is 0 Å². The molecule has 2 N–H and O–H groups in total. The van der Waals surface area contributed by atoms with E-state index in [0.717, 1.165) is 12.8 Å². The minimum atomic E-state index is -0.552. The van der Waals surface area contributed by atoms with Gasteiger partial charge in [-0.15, -0.1) is 0 Å². The molecule has 0 saturated carbocycles. The first kappa shape index (κ1) is 13.3. The van der Waals surface area contributed by atoms with Crippen molar-refractivity contribution < 1.29 is 9.72 Å². The highest BCUT2D eigenvalue weighted by Crippen LogP contribution is 2.31. The van der Waals surface area contributed by atoms with Crippen LogP contribution in [-0.4, -0.2) is 27.8 Å². The summed E-state index contributed by atoms with van der Waals surface area (Å²) in [5.41, 5.74) is 5.69. The number of nitrogens with zero attached hydrogens (tertiary/aromatic N) is 2. The normalized spacial score (nSPS) is 17.5. The van der Waals surface area contributed by atoms with E-state index in [-0.39, 0.29) is 22.8 Å². The van der Waals surface area contributed by atoms with Gasteiger partial charge in [0.1, 0.15) is 5.69 Å². The zero-order valence-corrected chi connectivity index (χ0v) is 11.0. The average molecular weight is 263 g/mol. The molecule has 0 bridgehead atoms. The van der Waals surface area contributed by atoms with E-state index in [1.165, 1.54) is 18.2 Å². The fourth-order valence-corrected chi connectivity index (χ4v) is 2.49. The van der Waals surface area contributed by atoms with Crippen molar-refractivity contribution in [1.29, 1.82) is 0 Å². The molecule has 1 aromatic rings. The molecule has 1 fully saturated rings. The van der Waals surface area contributed by atoms with E-state index in [9.17, 15) is 14.9 Å². The van der Waals surface area contributed by atoms with Crippen LogP contribution >= 0.6 is 0 Å². The number of hydrogen-bond acceptors (Lipinski definition) is 4. The maximum Gasteiger partial charge on any atom is 0.292 e. The minimum Gasteiger partial charge on any atom is -0.393 e. The second-order valence-corrected chi connectivity index (χ2v) is 5.40. The standard InChI is InChI=1S/C13H17N3O3/c1-13(2)6-3-7-15(13)12(17)9-4-5-11(16(18)19)10(14)8-9/h4-5,8H,3,6-7,14H2,1-2H3. The van der Waals surface area contributed by atoms with Gasteiger partial charge in [0.05, 0.1) is 4.92 Å². The van der Waals surface area contributed by atoms with Crippen molar-refractivity contribution in [3.63, 3.8) is 0 Å². The van der Waals surface area contributed by atoms with Crippen molar-refractivity contribution in [3.05, 3.63) is 33.9 Å². The molecule has 6 heteroatoms. The summed E-state index contributed by atoms with van der Waals surface area (Å²) in [6, 6.07) is 4.13. The molecule has 0 unspecified atom stereocenters. The van der Waals surface area contributed by atoms with E-state index in [2.05, 4.69) is 0 Å². The molecule has 1 aromatic carbocycles. The molecule has 1 amide bonds. The summed E-state index contributed by atoms with van der Waals surface area (Å²) < 4.78 is 0. The van der Waals surface area contributed by atoms with Gasteiger partial charge in [-0.3, -0.25) is 14.9 Å².